The molecule has 1 fully saturated rings. The predicted octanol–water partition coefficient (Wildman–Crippen LogP) is 1.16. The lowest BCUT2D eigenvalue weighted by Gasteiger charge is -2.29. The highest BCUT2D eigenvalue weighted by Crippen LogP contribution is 2.29. The lowest BCUT2D eigenvalue weighted by Crippen LogP contribution is -2.52. The smallest absolute Gasteiger partial charge is 0.255 e. The van der Waals surface area contributed by atoms with E-state index in [1.165, 1.54) is 10.6 Å². The number of imide groups is 1. The van der Waals surface area contributed by atoms with Crippen LogP contribution < -0.4 is 16.0 Å². The van der Waals surface area contributed by atoms with Crippen LogP contribution in [0.25, 0.3) is 0 Å². The van der Waals surface area contributed by atoms with Gasteiger partial charge in [-0.3, -0.25) is 19.7 Å². The Morgan fingerprint density at radius 1 is 1.24 bits per heavy atom. The number of hydrogen-bond donors (Lipinski definition) is 3. The van der Waals surface area contributed by atoms with Crippen LogP contribution in [-0.4, -0.2) is 40.2 Å². The van der Waals surface area contributed by atoms with Gasteiger partial charge in [-0.25, -0.2) is 4.98 Å². The van der Waals surface area contributed by atoms with Crippen molar-refractivity contribution in [3.8, 4) is 0 Å². The number of nitrogens with one attached hydrogen (secondary N) is 3. The van der Waals surface area contributed by atoms with Gasteiger partial charge in [0.2, 0.25) is 11.8 Å². The van der Waals surface area contributed by atoms with E-state index in [4.69, 9.17) is 0 Å². The summed E-state index contributed by atoms with van der Waals surface area (Å²) in [4.78, 5) is 44.0. The third kappa shape index (κ3) is 3.40. The van der Waals surface area contributed by atoms with Crippen molar-refractivity contribution in [2.75, 3.05) is 11.9 Å². The lowest BCUT2D eigenvalue weighted by molar-refractivity contribution is -0.136. The molecular weight excluding hydrogens is 390 g/mol. The Hall–Kier alpha value is -2.78. The zero-order valence-electron chi connectivity index (χ0n) is 15.8. The molecule has 0 radical (unpaired) electrons. The summed E-state index contributed by atoms with van der Waals surface area (Å²) in [7, 11) is 0. The largest absolute Gasteiger partial charge is 0.357 e. The van der Waals surface area contributed by atoms with Crippen LogP contribution >= 0.6 is 11.3 Å². The van der Waals surface area contributed by atoms with Crippen molar-refractivity contribution in [1.29, 1.82) is 0 Å². The lowest BCUT2D eigenvalue weighted by atomic mass is 10.0. The van der Waals surface area contributed by atoms with Crippen molar-refractivity contribution >= 4 is 34.2 Å². The number of benzene rings is 1. The molecule has 0 saturated carbocycles. The topological polar surface area (TPSA) is 103 Å². The third-order valence-corrected chi connectivity index (χ3v) is 6.69. The summed E-state index contributed by atoms with van der Waals surface area (Å²) in [5.74, 6) is -0.804. The Bertz CT molecular complexity index is 994. The van der Waals surface area contributed by atoms with E-state index in [-0.39, 0.29) is 24.1 Å². The number of anilines is 1. The van der Waals surface area contributed by atoms with Crippen LogP contribution in [0, 0.1) is 0 Å². The maximum Gasteiger partial charge on any atom is 0.255 e. The molecule has 150 valence electrons. The second kappa shape index (κ2) is 7.23. The normalized spacial score (nSPS) is 21.0. The summed E-state index contributed by atoms with van der Waals surface area (Å²) in [6.45, 7) is 2.82. The zero-order chi connectivity index (χ0) is 20.0. The van der Waals surface area contributed by atoms with E-state index in [9.17, 15) is 14.4 Å². The third-order valence-electron chi connectivity index (χ3n) is 5.64. The average molecular weight is 411 g/mol. The maximum absolute atomic E-state index is 12.9. The molecule has 0 spiro atoms. The molecular formula is C20H21N5O3S. The Morgan fingerprint density at radius 3 is 2.97 bits per heavy atom. The van der Waals surface area contributed by atoms with Gasteiger partial charge in [-0.05, 0) is 23.6 Å². The summed E-state index contributed by atoms with van der Waals surface area (Å²) in [5.41, 5.74) is 3.71. The van der Waals surface area contributed by atoms with Gasteiger partial charge in [0, 0.05) is 49.5 Å². The molecule has 1 atom stereocenters. The monoisotopic (exact) mass is 411 g/mol. The SMILES string of the molecule is O=C1CCC(N2Cc3ccc(CNc4nc5c(s4)CNCC5)cc3C2=O)C(=O)N1. The van der Waals surface area contributed by atoms with E-state index in [0.717, 1.165) is 35.8 Å². The van der Waals surface area contributed by atoms with Gasteiger partial charge >= 0.3 is 0 Å². The molecule has 0 aliphatic carbocycles. The van der Waals surface area contributed by atoms with Crippen molar-refractivity contribution in [2.24, 2.45) is 0 Å². The van der Waals surface area contributed by atoms with Crippen molar-refractivity contribution in [3.63, 3.8) is 0 Å². The number of fused-ring (bicyclic) bond motifs is 2. The summed E-state index contributed by atoms with van der Waals surface area (Å²) in [6.07, 6.45) is 1.60. The molecule has 29 heavy (non-hydrogen) atoms. The molecule has 1 saturated heterocycles. The van der Waals surface area contributed by atoms with Crippen LogP contribution in [0.3, 0.4) is 0 Å². The first-order valence-electron chi connectivity index (χ1n) is 9.78. The zero-order valence-corrected chi connectivity index (χ0v) is 16.6. The molecule has 1 aromatic heterocycles. The molecule has 9 heteroatoms. The second-order valence-corrected chi connectivity index (χ2v) is 8.64. The average Bonchev–Trinajstić information content (AvgIpc) is 3.27. The number of nitrogens with zero attached hydrogens (tertiary/aromatic N) is 2. The van der Waals surface area contributed by atoms with Crippen LogP contribution in [0.15, 0.2) is 18.2 Å². The summed E-state index contributed by atoms with van der Waals surface area (Å²) in [5, 5.41) is 9.95. The minimum atomic E-state index is -0.579. The molecule has 2 aromatic rings. The fraction of sp³-hybridized carbons (Fsp3) is 0.400. The standard InChI is InChI=1S/C20H21N5O3S/c26-17-4-3-15(18(27)24-17)25-10-12-2-1-11(7-13(12)19(25)28)8-22-20-23-14-5-6-21-9-16(14)29-20/h1-2,7,15,21H,3-6,8-10H2,(H,22,23)(H,24,26,27). The molecule has 3 aliphatic heterocycles. The van der Waals surface area contributed by atoms with Crippen LogP contribution in [0.4, 0.5) is 5.13 Å². The molecule has 3 N–H and O–H groups in total. The maximum atomic E-state index is 12.9. The van der Waals surface area contributed by atoms with Gasteiger partial charge in [-0.2, -0.15) is 0 Å². The number of thiazole rings is 1. The van der Waals surface area contributed by atoms with Gasteiger partial charge < -0.3 is 15.5 Å². The summed E-state index contributed by atoms with van der Waals surface area (Å²) in [6, 6.07) is 5.27. The number of amides is 3. The number of aromatic nitrogens is 1. The fourth-order valence-electron chi connectivity index (χ4n) is 4.09. The summed E-state index contributed by atoms with van der Waals surface area (Å²) < 4.78 is 0. The molecule has 1 unspecified atom stereocenters. The van der Waals surface area contributed by atoms with Crippen LogP contribution in [0.2, 0.25) is 0 Å². The second-order valence-electron chi connectivity index (χ2n) is 7.56. The Kier molecular flexibility index (Phi) is 4.56. The van der Waals surface area contributed by atoms with Crippen molar-refractivity contribution in [2.45, 2.75) is 44.9 Å². The van der Waals surface area contributed by atoms with Gasteiger partial charge in [0.1, 0.15) is 6.04 Å². The van der Waals surface area contributed by atoms with Crippen molar-refractivity contribution in [3.05, 3.63) is 45.5 Å². The van der Waals surface area contributed by atoms with Gasteiger partial charge in [-0.1, -0.05) is 12.1 Å². The molecule has 1 aromatic carbocycles. The molecule has 0 bridgehead atoms. The first-order valence-corrected chi connectivity index (χ1v) is 10.6. The Morgan fingerprint density at radius 2 is 2.14 bits per heavy atom. The highest BCUT2D eigenvalue weighted by molar-refractivity contribution is 7.15. The number of carbonyl (C=O) groups is 3. The number of carbonyl (C=O) groups excluding carboxylic acids is 3. The molecule has 5 rings (SSSR count). The Balaban J connectivity index is 1.28. The first kappa shape index (κ1) is 18.3. The van der Waals surface area contributed by atoms with E-state index in [0.29, 0.717) is 25.1 Å². The Labute approximate surface area is 171 Å². The van der Waals surface area contributed by atoms with Gasteiger partial charge in [0.15, 0.2) is 5.13 Å². The van der Waals surface area contributed by atoms with Crippen LogP contribution in [0.5, 0.6) is 0 Å². The molecule has 4 heterocycles. The molecule has 3 amide bonds. The minimum absolute atomic E-state index is 0.146. The van der Waals surface area contributed by atoms with Crippen molar-refractivity contribution in [1.82, 2.24) is 20.5 Å². The number of piperidine rings is 1. The first-order chi connectivity index (χ1) is 14.1. The molecule has 8 nitrogen and oxygen atoms in total. The van der Waals surface area contributed by atoms with Crippen LogP contribution in [0.1, 0.15) is 44.9 Å². The van der Waals surface area contributed by atoms with E-state index in [1.807, 2.05) is 18.2 Å². The predicted molar refractivity (Wildman–Crippen MR) is 107 cm³/mol. The highest BCUT2D eigenvalue weighted by Gasteiger charge is 2.39. The fourth-order valence-corrected chi connectivity index (χ4v) is 5.06. The van der Waals surface area contributed by atoms with E-state index in [1.54, 1.807) is 16.2 Å². The van der Waals surface area contributed by atoms with Crippen LogP contribution in [-0.2, 0) is 35.6 Å². The highest BCUT2D eigenvalue weighted by atomic mass is 32.1. The minimum Gasteiger partial charge on any atom is -0.357 e. The molecule has 3 aliphatic rings. The quantitative estimate of drug-likeness (QED) is 0.653. The number of hydrogen-bond acceptors (Lipinski definition) is 7. The van der Waals surface area contributed by atoms with Gasteiger partial charge in [-0.15, -0.1) is 11.3 Å². The number of rotatable bonds is 4. The van der Waals surface area contributed by atoms with E-state index in [2.05, 4.69) is 20.9 Å². The van der Waals surface area contributed by atoms with Gasteiger partial charge in [0.25, 0.3) is 5.91 Å². The van der Waals surface area contributed by atoms with E-state index < -0.39 is 6.04 Å². The van der Waals surface area contributed by atoms with Gasteiger partial charge in [0.05, 0.1) is 5.69 Å². The summed E-state index contributed by atoms with van der Waals surface area (Å²) >= 11 is 1.67. The van der Waals surface area contributed by atoms with Crippen molar-refractivity contribution < 1.29 is 14.4 Å². The van der Waals surface area contributed by atoms with E-state index >= 15 is 0 Å².